The molecule has 3 atom stereocenters. The lowest BCUT2D eigenvalue weighted by Crippen LogP contribution is -2.42. The predicted molar refractivity (Wildman–Crippen MR) is 67.5 cm³/mol. The average molecular weight is 225 g/mol. The molecule has 1 aliphatic heterocycles. The quantitative estimate of drug-likeness (QED) is 0.797. The lowest BCUT2D eigenvalue weighted by Gasteiger charge is -2.34. The highest BCUT2D eigenvalue weighted by Gasteiger charge is 2.25. The van der Waals surface area contributed by atoms with Crippen LogP contribution in [-0.2, 0) is 4.74 Å². The Morgan fingerprint density at radius 2 is 1.81 bits per heavy atom. The summed E-state index contributed by atoms with van der Waals surface area (Å²) >= 11 is 0. The van der Waals surface area contributed by atoms with E-state index in [1.54, 1.807) is 0 Å². The Labute approximate surface area is 100 Å². The summed E-state index contributed by atoms with van der Waals surface area (Å²) in [7, 11) is 0. The Morgan fingerprint density at radius 3 is 2.50 bits per heavy atom. The summed E-state index contributed by atoms with van der Waals surface area (Å²) in [6.07, 6.45) is 6.71. The van der Waals surface area contributed by atoms with Crippen molar-refractivity contribution in [3.63, 3.8) is 0 Å². The molecule has 0 aromatic carbocycles. The Bertz CT molecular complexity index is 201. The van der Waals surface area contributed by atoms with Crippen LogP contribution in [0.2, 0.25) is 0 Å². The second kappa shape index (κ2) is 6.02. The number of hydrogen-bond acceptors (Lipinski definition) is 2. The van der Waals surface area contributed by atoms with Crippen molar-refractivity contribution in [3.8, 4) is 0 Å². The molecular weight excluding hydrogens is 198 g/mol. The van der Waals surface area contributed by atoms with E-state index in [1.165, 1.54) is 38.6 Å². The minimum absolute atomic E-state index is 0.777. The van der Waals surface area contributed by atoms with Crippen LogP contribution in [0.3, 0.4) is 0 Å². The van der Waals surface area contributed by atoms with Crippen molar-refractivity contribution in [1.82, 2.24) is 5.32 Å². The van der Waals surface area contributed by atoms with E-state index in [4.69, 9.17) is 4.74 Å². The highest BCUT2D eigenvalue weighted by molar-refractivity contribution is 4.82. The first-order valence-corrected chi connectivity index (χ1v) is 7.07. The first-order chi connectivity index (χ1) is 7.75. The maximum Gasteiger partial charge on any atom is 0.0469 e. The molecule has 2 aliphatic rings. The number of ether oxygens (including phenoxy) is 1. The summed E-state index contributed by atoms with van der Waals surface area (Å²) in [6.45, 7) is 7.97. The first kappa shape index (κ1) is 12.4. The van der Waals surface area contributed by atoms with Gasteiger partial charge >= 0.3 is 0 Å². The van der Waals surface area contributed by atoms with Crippen LogP contribution >= 0.6 is 0 Å². The van der Waals surface area contributed by atoms with E-state index >= 15 is 0 Å². The molecule has 2 rings (SSSR count). The van der Waals surface area contributed by atoms with Gasteiger partial charge in [-0.15, -0.1) is 0 Å². The van der Waals surface area contributed by atoms with E-state index in [0.717, 1.165) is 37.0 Å². The molecule has 16 heavy (non-hydrogen) atoms. The monoisotopic (exact) mass is 225 g/mol. The average Bonchev–Trinajstić information content (AvgIpc) is 2.29. The topological polar surface area (TPSA) is 21.3 Å². The number of nitrogens with one attached hydrogen (secondary N) is 1. The molecule has 3 unspecified atom stereocenters. The molecule has 1 saturated heterocycles. The largest absolute Gasteiger partial charge is 0.381 e. The molecule has 2 fully saturated rings. The molecule has 1 heterocycles. The van der Waals surface area contributed by atoms with Crippen LogP contribution in [0.15, 0.2) is 0 Å². The van der Waals surface area contributed by atoms with E-state index in [1.807, 2.05) is 0 Å². The van der Waals surface area contributed by atoms with E-state index in [-0.39, 0.29) is 0 Å². The second-order valence-corrected chi connectivity index (χ2v) is 5.97. The standard InChI is InChI=1S/C14H27NO/c1-11-3-4-14(12(2)9-11)15-10-13-5-7-16-8-6-13/h11-15H,3-10H2,1-2H3. The van der Waals surface area contributed by atoms with Crippen LogP contribution < -0.4 is 5.32 Å². The van der Waals surface area contributed by atoms with Crippen molar-refractivity contribution in [1.29, 1.82) is 0 Å². The van der Waals surface area contributed by atoms with Crippen molar-refractivity contribution in [2.24, 2.45) is 17.8 Å². The van der Waals surface area contributed by atoms with Crippen molar-refractivity contribution < 1.29 is 4.74 Å². The Kier molecular flexibility index (Phi) is 4.66. The molecule has 0 spiro atoms. The summed E-state index contributed by atoms with van der Waals surface area (Å²) < 4.78 is 5.40. The van der Waals surface area contributed by atoms with Gasteiger partial charge in [0.2, 0.25) is 0 Å². The van der Waals surface area contributed by atoms with Crippen molar-refractivity contribution in [2.45, 2.75) is 52.0 Å². The van der Waals surface area contributed by atoms with Crippen LogP contribution in [0.4, 0.5) is 0 Å². The lowest BCUT2D eigenvalue weighted by molar-refractivity contribution is 0.0637. The van der Waals surface area contributed by atoms with Gasteiger partial charge < -0.3 is 10.1 Å². The van der Waals surface area contributed by atoms with Crippen LogP contribution in [0.1, 0.15) is 46.0 Å². The summed E-state index contributed by atoms with van der Waals surface area (Å²) in [5.41, 5.74) is 0. The molecule has 0 amide bonds. The molecular formula is C14H27NO. The van der Waals surface area contributed by atoms with Crippen LogP contribution in [-0.4, -0.2) is 25.8 Å². The Balaban J connectivity index is 1.68. The third kappa shape index (κ3) is 3.46. The highest BCUT2D eigenvalue weighted by atomic mass is 16.5. The van der Waals surface area contributed by atoms with Gasteiger partial charge in [-0.3, -0.25) is 0 Å². The molecule has 1 saturated carbocycles. The summed E-state index contributed by atoms with van der Waals surface area (Å²) in [5, 5.41) is 3.81. The summed E-state index contributed by atoms with van der Waals surface area (Å²) in [5.74, 6) is 2.67. The van der Waals surface area contributed by atoms with Gasteiger partial charge in [-0.05, 0) is 56.4 Å². The smallest absolute Gasteiger partial charge is 0.0469 e. The maximum absolute atomic E-state index is 5.40. The summed E-state index contributed by atoms with van der Waals surface area (Å²) in [4.78, 5) is 0. The zero-order chi connectivity index (χ0) is 11.4. The first-order valence-electron chi connectivity index (χ1n) is 7.07. The van der Waals surface area contributed by atoms with Gasteiger partial charge in [-0.1, -0.05) is 13.8 Å². The molecule has 2 nitrogen and oxygen atoms in total. The van der Waals surface area contributed by atoms with Crippen LogP contribution in [0.25, 0.3) is 0 Å². The van der Waals surface area contributed by atoms with Gasteiger partial charge in [0.1, 0.15) is 0 Å². The van der Waals surface area contributed by atoms with Crippen molar-refractivity contribution >= 4 is 0 Å². The van der Waals surface area contributed by atoms with Gasteiger partial charge in [-0.25, -0.2) is 0 Å². The molecule has 0 radical (unpaired) electrons. The minimum Gasteiger partial charge on any atom is -0.381 e. The fraction of sp³-hybridized carbons (Fsp3) is 1.00. The fourth-order valence-electron chi connectivity index (χ4n) is 3.24. The minimum atomic E-state index is 0.777. The number of rotatable bonds is 3. The van der Waals surface area contributed by atoms with Crippen LogP contribution in [0, 0.1) is 17.8 Å². The normalized spacial score (nSPS) is 37.5. The van der Waals surface area contributed by atoms with Crippen molar-refractivity contribution in [3.05, 3.63) is 0 Å². The Hall–Kier alpha value is -0.0800. The molecule has 1 N–H and O–H groups in total. The predicted octanol–water partition coefficient (Wildman–Crippen LogP) is 2.83. The van der Waals surface area contributed by atoms with Gasteiger partial charge in [0.15, 0.2) is 0 Å². The highest BCUT2D eigenvalue weighted by Crippen LogP contribution is 2.28. The molecule has 0 aromatic rings. The Morgan fingerprint density at radius 1 is 1.06 bits per heavy atom. The van der Waals surface area contributed by atoms with Gasteiger partial charge in [0, 0.05) is 19.3 Å². The van der Waals surface area contributed by atoms with E-state index in [9.17, 15) is 0 Å². The van der Waals surface area contributed by atoms with Gasteiger partial charge in [0.25, 0.3) is 0 Å². The third-order valence-electron chi connectivity index (χ3n) is 4.44. The molecule has 1 aliphatic carbocycles. The maximum atomic E-state index is 5.40. The van der Waals surface area contributed by atoms with Crippen molar-refractivity contribution in [2.75, 3.05) is 19.8 Å². The number of hydrogen-bond donors (Lipinski definition) is 1. The zero-order valence-electron chi connectivity index (χ0n) is 10.9. The molecule has 0 bridgehead atoms. The van der Waals surface area contributed by atoms with E-state index in [2.05, 4.69) is 19.2 Å². The third-order valence-corrected chi connectivity index (χ3v) is 4.44. The molecule has 94 valence electrons. The van der Waals surface area contributed by atoms with E-state index in [0.29, 0.717) is 0 Å². The van der Waals surface area contributed by atoms with Gasteiger partial charge in [-0.2, -0.15) is 0 Å². The second-order valence-electron chi connectivity index (χ2n) is 5.97. The van der Waals surface area contributed by atoms with E-state index < -0.39 is 0 Å². The summed E-state index contributed by atoms with van der Waals surface area (Å²) in [6, 6.07) is 0.777. The molecule has 2 heteroatoms. The SMILES string of the molecule is CC1CCC(NCC2CCOCC2)C(C)C1. The van der Waals surface area contributed by atoms with Crippen LogP contribution in [0.5, 0.6) is 0 Å². The van der Waals surface area contributed by atoms with Gasteiger partial charge in [0.05, 0.1) is 0 Å². The fourth-order valence-corrected chi connectivity index (χ4v) is 3.24. The lowest BCUT2D eigenvalue weighted by atomic mass is 9.79. The molecule has 0 aromatic heterocycles. The zero-order valence-corrected chi connectivity index (χ0v) is 10.9.